The molecule has 2 fully saturated rings. The Hall–Kier alpha value is -1.74. The molecule has 2 rings (SSSR count). The predicted octanol–water partition coefficient (Wildman–Crippen LogP) is 12.5. The van der Waals surface area contributed by atoms with Crippen LogP contribution >= 0.6 is 0 Å². The average Bonchev–Trinajstić information content (AvgIpc) is 3.62. The number of ether oxygens (including phenoxy) is 4. The van der Waals surface area contributed by atoms with Crippen molar-refractivity contribution in [2.75, 3.05) is 59.6 Å². The van der Waals surface area contributed by atoms with E-state index in [9.17, 15) is 9.59 Å². The number of esters is 2. The standard InChI is InChI=1S/C50H92N2O6/c1-6-9-22-29-45(4)42-48(53)55-40-27-20-16-12-14-18-25-33-50(57-44-47(58-50)32-35-52-38-36-51(5)37-39-52)34-26-19-15-13-17-21-28-41-56-49(54)43-46(30-23-10-7-2)31-24-11-8-3/h23,30,43,45,47H,6-22,24-29,31-42,44H2,1-5H3/b30-23+,46-43-. The highest BCUT2D eigenvalue weighted by Crippen LogP contribution is 2.36. The number of carbonyl (C=O) groups is 2. The van der Waals surface area contributed by atoms with Gasteiger partial charge in [-0.05, 0) is 69.9 Å². The van der Waals surface area contributed by atoms with Crippen LogP contribution in [0.1, 0.15) is 207 Å². The number of hydrogen-bond donors (Lipinski definition) is 0. The molecule has 3 atom stereocenters. The van der Waals surface area contributed by atoms with Gasteiger partial charge < -0.3 is 28.7 Å². The van der Waals surface area contributed by atoms with Crippen LogP contribution in [0.2, 0.25) is 0 Å². The quantitative estimate of drug-likeness (QED) is 0.0265. The van der Waals surface area contributed by atoms with Gasteiger partial charge in [0.15, 0.2) is 5.79 Å². The fraction of sp³-hybridized carbons (Fsp3) is 0.880. The van der Waals surface area contributed by atoms with Crippen molar-refractivity contribution in [3.63, 3.8) is 0 Å². The maximum Gasteiger partial charge on any atom is 0.331 e. The van der Waals surface area contributed by atoms with E-state index in [1.54, 1.807) is 6.08 Å². The molecular formula is C50H92N2O6. The Bertz CT molecular complexity index is 1070. The molecule has 338 valence electrons. The van der Waals surface area contributed by atoms with Crippen LogP contribution < -0.4 is 0 Å². The number of likely N-dealkylation sites (N-methyl/N-ethyl adjacent to an activating group) is 1. The molecule has 3 unspecified atom stereocenters. The van der Waals surface area contributed by atoms with E-state index in [0.29, 0.717) is 25.6 Å². The number of carbonyl (C=O) groups excluding carboxylic acids is 2. The van der Waals surface area contributed by atoms with Gasteiger partial charge in [-0.2, -0.15) is 0 Å². The van der Waals surface area contributed by atoms with Gasteiger partial charge in [-0.1, -0.05) is 149 Å². The minimum absolute atomic E-state index is 0.0200. The minimum Gasteiger partial charge on any atom is -0.466 e. The van der Waals surface area contributed by atoms with Crippen LogP contribution in [0.15, 0.2) is 23.8 Å². The third kappa shape index (κ3) is 27.2. The largest absolute Gasteiger partial charge is 0.466 e. The molecule has 58 heavy (non-hydrogen) atoms. The lowest BCUT2D eigenvalue weighted by Crippen LogP contribution is -2.45. The van der Waals surface area contributed by atoms with Gasteiger partial charge >= 0.3 is 11.9 Å². The predicted molar refractivity (Wildman–Crippen MR) is 242 cm³/mol. The molecule has 2 aliphatic heterocycles. The molecule has 2 heterocycles. The van der Waals surface area contributed by atoms with Gasteiger partial charge in [0.1, 0.15) is 0 Å². The topological polar surface area (TPSA) is 77.5 Å². The van der Waals surface area contributed by atoms with E-state index in [1.165, 1.54) is 83.5 Å². The normalized spacial score (nSPS) is 19.9. The van der Waals surface area contributed by atoms with Crippen LogP contribution in [-0.4, -0.2) is 93.2 Å². The Morgan fingerprint density at radius 2 is 1.31 bits per heavy atom. The minimum atomic E-state index is -0.413. The van der Waals surface area contributed by atoms with E-state index in [4.69, 9.17) is 18.9 Å². The van der Waals surface area contributed by atoms with Gasteiger partial charge in [-0.15, -0.1) is 0 Å². The molecular weight excluding hydrogens is 725 g/mol. The third-order valence-corrected chi connectivity index (χ3v) is 12.2. The van der Waals surface area contributed by atoms with Crippen molar-refractivity contribution >= 4 is 11.9 Å². The summed E-state index contributed by atoms with van der Waals surface area (Å²) in [5, 5.41) is 0. The number of piperazine rings is 1. The molecule has 0 aliphatic carbocycles. The van der Waals surface area contributed by atoms with Gasteiger partial charge in [0.05, 0.1) is 25.9 Å². The van der Waals surface area contributed by atoms with Crippen LogP contribution in [0.4, 0.5) is 0 Å². The Labute approximate surface area is 358 Å². The number of nitrogens with zero attached hydrogens (tertiary/aromatic N) is 2. The molecule has 2 saturated heterocycles. The Balaban J connectivity index is 1.63. The lowest BCUT2D eigenvalue weighted by atomic mass is 9.98. The van der Waals surface area contributed by atoms with Gasteiger partial charge in [-0.3, -0.25) is 4.79 Å². The average molecular weight is 817 g/mol. The monoisotopic (exact) mass is 817 g/mol. The Kier molecular flexibility index (Phi) is 31.5. The first-order valence-electron chi connectivity index (χ1n) is 24.7. The smallest absolute Gasteiger partial charge is 0.331 e. The molecule has 0 saturated carbocycles. The van der Waals surface area contributed by atoms with Crippen LogP contribution in [0.25, 0.3) is 0 Å². The summed E-state index contributed by atoms with van der Waals surface area (Å²) in [5.41, 5.74) is 1.10. The molecule has 8 nitrogen and oxygen atoms in total. The van der Waals surface area contributed by atoms with Crippen molar-refractivity contribution < 1.29 is 28.5 Å². The van der Waals surface area contributed by atoms with E-state index < -0.39 is 5.79 Å². The molecule has 0 amide bonds. The maximum atomic E-state index is 12.5. The number of unbranched alkanes of at least 4 members (excludes halogenated alkanes) is 17. The summed E-state index contributed by atoms with van der Waals surface area (Å²) in [6.45, 7) is 16.3. The highest BCUT2D eigenvalue weighted by atomic mass is 16.7. The lowest BCUT2D eigenvalue weighted by Gasteiger charge is -2.33. The van der Waals surface area contributed by atoms with E-state index in [-0.39, 0.29) is 18.0 Å². The molecule has 0 spiro atoms. The second-order valence-electron chi connectivity index (χ2n) is 17.9. The van der Waals surface area contributed by atoms with Crippen molar-refractivity contribution in [3.05, 3.63) is 23.8 Å². The third-order valence-electron chi connectivity index (χ3n) is 12.2. The SMILES string of the molecule is CCC/C=C/C(=C/C(=O)OCCCCCCCCCC1(CCCCCCCCCOC(=O)CC(C)CCCCC)OCC(CCN2CCN(C)CC2)O1)CCCCC. The molecule has 8 heteroatoms. The first-order valence-corrected chi connectivity index (χ1v) is 24.7. The summed E-state index contributed by atoms with van der Waals surface area (Å²) in [5.74, 6) is -0.194. The van der Waals surface area contributed by atoms with E-state index in [2.05, 4.69) is 56.7 Å². The number of rotatable bonds is 37. The number of allylic oxidation sites excluding steroid dienone is 3. The zero-order valence-electron chi connectivity index (χ0n) is 38.7. The fourth-order valence-electron chi connectivity index (χ4n) is 8.23. The summed E-state index contributed by atoms with van der Waals surface area (Å²) in [6.07, 6.45) is 37.4. The summed E-state index contributed by atoms with van der Waals surface area (Å²) < 4.78 is 24.5. The van der Waals surface area contributed by atoms with Crippen LogP contribution in [0, 0.1) is 5.92 Å². The van der Waals surface area contributed by atoms with Crippen molar-refractivity contribution in [2.45, 2.75) is 219 Å². The van der Waals surface area contributed by atoms with Gasteiger partial charge in [0.2, 0.25) is 0 Å². The first-order chi connectivity index (χ1) is 28.3. The summed E-state index contributed by atoms with van der Waals surface area (Å²) in [4.78, 5) is 29.6. The van der Waals surface area contributed by atoms with Crippen molar-refractivity contribution in [2.24, 2.45) is 5.92 Å². The van der Waals surface area contributed by atoms with E-state index in [0.717, 1.165) is 135 Å². The molecule has 2 aliphatic rings. The van der Waals surface area contributed by atoms with Crippen LogP contribution in [-0.2, 0) is 28.5 Å². The van der Waals surface area contributed by atoms with Gasteiger partial charge in [0, 0.05) is 58.1 Å². The van der Waals surface area contributed by atoms with Gasteiger partial charge in [-0.25, -0.2) is 4.79 Å². The van der Waals surface area contributed by atoms with E-state index >= 15 is 0 Å². The maximum absolute atomic E-state index is 12.5. The first kappa shape index (κ1) is 52.4. The second kappa shape index (κ2) is 34.9. The zero-order valence-corrected chi connectivity index (χ0v) is 38.7. The van der Waals surface area contributed by atoms with Crippen molar-refractivity contribution in [1.82, 2.24) is 9.80 Å². The van der Waals surface area contributed by atoms with Crippen molar-refractivity contribution in [3.8, 4) is 0 Å². The summed E-state index contributed by atoms with van der Waals surface area (Å²) in [6, 6.07) is 0. The fourth-order valence-corrected chi connectivity index (χ4v) is 8.23. The Morgan fingerprint density at radius 1 is 0.724 bits per heavy atom. The summed E-state index contributed by atoms with van der Waals surface area (Å²) >= 11 is 0. The molecule has 0 aromatic carbocycles. The second-order valence-corrected chi connectivity index (χ2v) is 17.9. The highest BCUT2D eigenvalue weighted by Gasteiger charge is 2.40. The van der Waals surface area contributed by atoms with E-state index in [1.807, 2.05) is 0 Å². The highest BCUT2D eigenvalue weighted by molar-refractivity contribution is 5.83. The molecule has 0 radical (unpaired) electrons. The lowest BCUT2D eigenvalue weighted by molar-refractivity contribution is -0.180. The number of hydrogen-bond acceptors (Lipinski definition) is 8. The molecule has 0 aromatic rings. The molecule has 0 bridgehead atoms. The van der Waals surface area contributed by atoms with Gasteiger partial charge in [0.25, 0.3) is 0 Å². The summed E-state index contributed by atoms with van der Waals surface area (Å²) in [7, 11) is 2.22. The molecule has 0 N–H and O–H groups in total. The van der Waals surface area contributed by atoms with Crippen molar-refractivity contribution in [1.29, 1.82) is 0 Å². The van der Waals surface area contributed by atoms with Crippen LogP contribution in [0.5, 0.6) is 0 Å². The molecule has 0 aromatic heterocycles. The zero-order chi connectivity index (χ0) is 41.9. The Morgan fingerprint density at radius 3 is 1.93 bits per heavy atom. The van der Waals surface area contributed by atoms with Crippen LogP contribution in [0.3, 0.4) is 0 Å².